The highest BCUT2D eigenvalue weighted by Gasteiger charge is 2.12. The predicted molar refractivity (Wildman–Crippen MR) is 45.2 cm³/mol. The van der Waals surface area contributed by atoms with Crippen molar-refractivity contribution >= 4 is 16.9 Å². The van der Waals surface area contributed by atoms with Crippen LogP contribution in [0.25, 0.3) is 10.9 Å². The Morgan fingerprint density at radius 1 is 1.62 bits per heavy atom. The molecular formula is C8H7N3O2. The molecule has 0 atom stereocenters. The minimum atomic E-state index is -0.463. The number of ether oxygens (including phenoxy) is 1. The summed E-state index contributed by atoms with van der Waals surface area (Å²) < 4.78 is 4.56. The Hall–Kier alpha value is -1.91. The molecule has 0 aliphatic carbocycles. The van der Waals surface area contributed by atoms with Crippen LogP contribution in [-0.2, 0) is 4.74 Å². The molecule has 1 N–H and O–H groups in total. The molecule has 0 saturated carbocycles. The van der Waals surface area contributed by atoms with Crippen LogP contribution < -0.4 is 0 Å². The number of esters is 1. The molecule has 0 aliphatic rings. The lowest BCUT2D eigenvalue weighted by molar-refractivity contribution is 0.0596. The summed E-state index contributed by atoms with van der Waals surface area (Å²) in [5, 5.41) is 7.34. The first-order chi connectivity index (χ1) is 6.33. The summed E-state index contributed by atoms with van der Waals surface area (Å²) >= 11 is 0. The van der Waals surface area contributed by atoms with Crippen LogP contribution in [0.3, 0.4) is 0 Å². The van der Waals surface area contributed by atoms with E-state index in [1.54, 1.807) is 18.5 Å². The number of H-pyrrole nitrogens is 1. The SMILES string of the molecule is COC(=O)c1nccc2cn[nH]c12. The number of hydrogen-bond acceptors (Lipinski definition) is 4. The fourth-order valence-corrected chi connectivity index (χ4v) is 1.12. The van der Waals surface area contributed by atoms with Gasteiger partial charge in [0, 0.05) is 11.6 Å². The molecule has 0 aromatic carbocycles. The fraction of sp³-hybridized carbons (Fsp3) is 0.125. The van der Waals surface area contributed by atoms with Crippen molar-refractivity contribution in [2.45, 2.75) is 0 Å². The van der Waals surface area contributed by atoms with Crippen LogP contribution in [0.15, 0.2) is 18.5 Å². The van der Waals surface area contributed by atoms with Gasteiger partial charge in [-0.3, -0.25) is 5.10 Å². The third-order valence-electron chi connectivity index (χ3n) is 1.74. The Balaban J connectivity index is 2.67. The molecular weight excluding hydrogens is 170 g/mol. The number of nitrogens with zero attached hydrogens (tertiary/aromatic N) is 2. The predicted octanol–water partition coefficient (Wildman–Crippen LogP) is 0.744. The van der Waals surface area contributed by atoms with Crippen LogP contribution in [0, 0.1) is 0 Å². The maximum atomic E-state index is 11.2. The van der Waals surface area contributed by atoms with Gasteiger partial charge in [0.25, 0.3) is 0 Å². The summed E-state index contributed by atoms with van der Waals surface area (Å²) in [4.78, 5) is 15.1. The first-order valence-electron chi connectivity index (χ1n) is 3.69. The van der Waals surface area contributed by atoms with Gasteiger partial charge in [-0.15, -0.1) is 0 Å². The zero-order valence-electron chi connectivity index (χ0n) is 6.94. The van der Waals surface area contributed by atoms with E-state index in [2.05, 4.69) is 19.9 Å². The second kappa shape index (κ2) is 2.85. The van der Waals surface area contributed by atoms with E-state index in [4.69, 9.17) is 0 Å². The molecule has 0 spiro atoms. The van der Waals surface area contributed by atoms with Gasteiger partial charge in [0.2, 0.25) is 0 Å². The highest BCUT2D eigenvalue weighted by molar-refractivity contribution is 6.00. The number of nitrogens with one attached hydrogen (secondary N) is 1. The number of carbonyl (C=O) groups excluding carboxylic acids is 1. The number of aromatic nitrogens is 3. The van der Waals surface area contributed by atoms with Crippen molar-refractivity contribution < 1.29 is 9.53 Å². The molecule has 5 nitrogen and oxygen atoms in total. The summed E-state index contributed by atoms with van der Waals surface area (Å²) in [6, 6.07) is 1.77. The van der Waals surface area contributed by atoms with Crippen molar-refractivity contribution in [3.63, 3.8) is 0 Å². The minimum absolute atomic E-state index is 0.262. The van der Waals surface area contributed by atoms with Gasteiger partial charge in [0.05, 0.1) is 18.8 Å². The van der Waals surface area contributed by atoms with E-state index in [0.717, 1.165) is 5.39 Å². The number of fused-ring (bicyclic) bond motifs is 1. The lowest BCUT2D eigenvalue weighted by atomic mass is 10.2. The van der Waals surface area contributed by atoms with Gasteiger partial charge in [0.1, 0.15) is 0 Å². The summed E-state index contributed by atoms with van der Waals surface area (Å²) in [6.07, 6.45) is 3.17. The highest BCUT2D eigenvalue weighted by atomic mass is 16.5. The Morgan fingerprint density at radius 2 is 2.46 bits per heavy atom. The average molecular weight is 177 g/mol. The van der Waals surface area contributed by atoms with E-state index in [0.29, 0.717) is 5.52 Å². The molecule has 2 heterocycles. The number of pyridine rings is 1. The smallest absolute Gasteiger partial charge is 0.358 e. The van der Waals surface area contributed by atoms with Gasteiger partial charge >= 0.3 is 5.97 Å². The Kier molecular flexibility index (Phi) is 1.70. The Morgan fingerprint density at radius 3 is 3.23 bits per heavy atom. The van der Waals surface area contributed by atoms with Crippen molar-refractivity contribution in [3.05, 3.63) is 24.2 Å². The largest absolute Gasteiger partial charge is 0.464 e. The topological polar surface area (TPSA) is 67.9 Å². The fourth-order valence-electron chi connectivity index (χ4n) is 1.12. The number of methoxy groups -OCH3 is 1. The van der Waals surface area contributed by atoms with Gasteiger partial charge in [0.15, 0.2) is 5.69 Å². The zero-order valence-corrected chi connectivity index (χ0v) is 6.94. The van der Waals surface area contributed by atoms with Crippen molar-refractivity contribution in [2.24, 2.45) is 0 Å². The summed E-state index contributed by atoms with van der Waals surface area (Å²) in [5.74, 6) is -0.463. The van der Waals surface area contributed by atoms with E-state index < -0.39 is 5.97 Å². The Bertz CT molecular complexity index is 449. The second-order valence-electron chi connectivity index (χ2n) is 2.49. The second-order valence-corrected chi connectivity index (χ2v) is 2.49. The van der Waals surface area contributed by atoms with Gasteiger partial charge in [-0.25, -0.2) is 9.78 Å². The standard InChI is InChI=1S/C8H7N3O2/c1-13-8(12)7-6-5(2-3-9-7)4-10-11-6/h2-4H,1H3,(H,10,11). The van der Waals surface area contributed by atoms with Crippen molar-refractivity contribution in [3.8, 4) is 0 Å². The molecule has 0 fully saturated rings. The van der Waals surface area contributed by atoms with Gasteiger partial charge < -0.3 is 4.74 Å². The minimum Gasteiger partial charge on any atom is -0.464 e. The maximum Gasteiger partial charge on any atom is 0.358 e. The van der Waals surface area contributed by atoms with Gasteiger partial charge in [-0.05, 0) is 6.07 Å². The number of hydrogen-bond donors (Lipinski definition) is 1. The third-order valence-corrected chi connectivity index (χ3v) is 1.74. The molecule has 0 amide bonds. The monoisotopic (exact) mass is 177 g/mol. The molecule has 0 radical (unpaired) electrons. The van der Waals surface area contributed by atoms with E-state index in [1.807, 2.05) is 0 Å². The molecule has 0 saturated heterocycles. The summed E-state index contributed by atoms with van der Waals surface area (Å²) in [5.41, 5.74) is 0.867. The quantitative estimate of drug-likeness (QED) is 0.652. The van der Waals surface area contributed by atoms with Crippen LogP contribution in [0.5, 0.6) is 0 Å². The average Bonchev–Trinajstić information content (AvgIpc) is 2.63. The van der Waals surface area contributed by atoms with Crippen molar-refractivity contribution in [1.29, 1.82) is 0 Å². The first kappa shape index (κ1) is 7.72. The zero-order chi connectivity index (χ0) is 9.26. The lowest BCUT2D eigenvalue weighted by Gasteiger charge is -1.97. The van der Waals surface area contributed by atoms with Crippen LogP contribution in [0.2, 0.25) is 0 Å². The van der Waals surface area contributed by atoms with Crippen molar-refractivity contribution in [1.82, 2.24) is 15.2 Å². The normalized spacial score (nSPS) is 10.2. The molecule has 2 rings (SSSR count). The van der Waals surface area contributed by atoms with E-state index >= 15 is 0 Å². The molecule has 13 heavy (non-hydrogen) atoms. The molecule has 66 valence electrons. The first-order valence-corrected chi connectivity index (χ1v) is 3.69. The van der Waals surface area contributed by atoms with E-state index in [9.17, 15) is 4.79 Å². The number of carbonyl (C=O) groups is 1. The molecule has 2 aromatic rings. The van der Waals surface area contributed by atoms with Gasteiger partial charge in [-0.1, -0.05) is 0 Å². The maximum absolute atomic E-state index is 11.2. The molecule has 0 unspecified atom stereocenters. The third kappa shape index (κ3) is 1.14. The van der Waals surface area contributed by atoms with Crippen LogP contribution in [-0.4, -0.2) is 28.3 Å². The van der Waals surface area contributed by atoms with E-state index in [1.165, 1.54) is 7.11 Å². The molecule has 0 aliphatic heterocycles. The number of aromatic amines is 1. The lowest BCUT2D eigenvalue weighted by Crippen LogP contribution is -2.04. The van der Waals surface area contributed by atoms with Crippen LogP contribution in [0.4, 0.5) is 0 Å². The summed E-state index contributed by atoms with van der Waals surface area (Å²) in [6.45, 7) is 0. The number of rotatable bonds is 1. The van der Waals surface area contributed by atoms with Crippen LogP contribution >= 0.6 is 0 Å². The van der Waals surface area contributed by atoms with Crippen LogP contribution in [0.1, 0.15) is 10.5 Å². The van der Waals surface area contributed by atoms with E-state index in [-0.39, 0.29) is 5.69 Å². The highest BCUT2D eigenvalue weighted by Crippen LogP contribution is 2.13. The molecule has 5 heteroatoms. The summed E-state index contributed by atoms with van der Waals surface area (Å²) in [7, 11) is 1.32. The van der Waals surface area contributed by atoms with Crippen molar-refractivity contribution in [2.75, 3.05) is 7.11 Å². The molecule has 0 bridgehead atoms. The Labute approximate surface area is 73.7 Å². The molecule has 2 aromatic heterocycles. The van der Waals surface area contributed by atoms with Gasteiger partial charge in [-0.2, -0.15) is 5.10 Å².